The van der Waals surface area contributed by atoms with Crippen molar-refractivity contribution in [2.75, 3.05) is 0 Å². The van der Waals surface area contributed by atoms with Crippen molar-refractivity contribution in [1.29, 1.82) is 0 Å². The minimum atomic E-state index is -0.858. The van der Waals surface area contributed by atoms with Gasteiger partial charge in [0.1, 0.15) is 11.9 Å². The standard InChI is InChI=1S/C20H17FN2O2/c21-16-10-8-14(9-11-16)20(25)23-18(19(22)24)12-15-6-3-5-13-4-1-2-7-17(13)15/h1-11,18H,12H2,(H2,22,24)(H,23,25)/t18-/m0/s1. The van der Waals surface area contributed by atoms with Crippen LogP contribution in [0.2, 0.25) is 0 Å². The first kappa shape index (κ1) is 16.6. The van der Waals surface area contributed by atoms with Crippen molar-refractivity contribution >= 4 is 22.6 Å². The Bertz CT molecular complexity index is 917. The number of amides is 2. The van der Waals surface area contributed by atoms with Crippen LogP contribution < -0.4 is 11.1 Å². The van der Waals surface area contributed by atoms with Crippen LogP contribution in [0.15, 0.2) is 66.7 Å². The van der Waals surface area contributed by atoms with Crippen molar-refractivity contribution in [3.63, 3.8) is 0 Å². The van der Waals surface area contributed by atoms with E-state index in [1.165, 1.54) is 24.3 Å². The van der Waals surface area contributed by atoms with Crippen LogP contribution in [0.4, 0.5) is 4.39 Å². The van der Waals surface area contributed by atoms with E-state index in [-0.39, 0.29) is 12.0 Å². The van der Waals surface area contributed by atoms with Gasteiger partial charge in [0, 0.05) is 12.0 Å². The zero-order chi connectivity index (χ0) is 17.8. The van der Waals surface area contributed by atoms with E-state index >= 15 is 0 Å². The highest BCUT2D eigenvalue weighted by atomic mass is 19.1. The average Bonchev–Trinajstić information content (AvgIpc) is 2.61. The highest BCUT2D eigenvalue weighted by Crippen LogP contribution is 2.20. The van der Waals surface area contributed by atoms with Crippen LogP contribution >= 0.6 is 0 Å². The van der Waals surface area contributed by atoms with Gasteiger partial charge in [-0.15, -0.1) is 0 Å². The van der Waals surface area contributed by atoms with E-state index < -0.39 is 23.7 Å². The van der Waals surface area contributed by atoms with Gasteiger partial charge < -0.3 is 11.1 Å². The molecule has 0 aliphatic heterocycles. The monoisotopic (exact) mass is 336 g/mol. The van der Waals surface area contributed by atoms with Gasteiger partial charge >= 0.3 is 0 Å². The number of carbonyl (C=O) groups excluding carboxylic acids is 2. The second-order valence-electron chi connectivity index (χ2n) is 5.78. The van der Waals surface area contributed by atoms with Crippen molar-refractivity contribution in [2.24, 2.45) is 5.73 Å². The molecule has 0 heterocycles. The summed E-state index contributed by atoms with van der Waals surface area (Å²) in [7, 11) is 0. The molecular weight excluding hydrogens is 319 g/mol. The number of hydrogen-bond acceptors (Lipinski definition) is 2. The van der Waals surface area contributed by atoms with Crippen LogP contribution in [0.5, 0.6) is 0 Å². The van der Waals surface area contributed by atoms with Gasteiger partial charge in [0.05, 0.1) is 0 Å². The van der Waals surface area contributed by atoms with Crippen molar-refractivity contribution in [2.45, 2.75) is 12.5 Å². The lowest BCUT2D eigenvalue weighted by molar-refractivity contribution is -0.119. The van der Waals surface area contributed by atoms with Gasteiger partial charge in [-0.2, -0.15) is 0 Å². The molecule has 3 N–H and O–H groups in total. The molecule has 5 heteroatoms. The second kappa shape index (κ2) is 7.13. The normalized spacial score (nSPS) is 11.9. The molecule has 0 spiro atoms. The molecule has 3 aromatic rings. The highest BCUT2D eigenvalue weighted by Gasteiger charge is 2.20. The summed E-state index contributed by atoms with van der Waals surface area (Å²) in [5.41, 5.74) is 6.65. The van der Waals surface area contributed by atoms with Crippen LogP contribution in [0.1, 0.15) is 15.9 Å². The molecule has 2 amide bonds. The lowest BCUT2D eigenvalue weighted by Crippen LogP contribution is -2.45. The first-order valence-electron chi connectivity index (χ1n) is 7.87. The molecule has 0 bridgehead atoms. The van der Waals surface area contributed by atoms with E-state index in [1.807, 2.05) is 42.5 Å². The maximum absolute atomic E-state index is 13.0. The first-order chi connectivity index (χ1) is 12.0. The van der Waals surface area contributed by atoms with Crippen molar-refractivity contribution in [3.05, 3.63) is 83.7 Å². The SMILES string of the molecule is NC(=O)[C@H](Cc1cccc2ccccc12)NC(=O)c1ccc(F)cc1. The van der Waals surface area contributed by atoms with Gasteiger partial charge in [0.15, 0.2) is 0 Å². The van der Waals surface area contributed by atoms with Crippen molar-refractivity contribution in [1.82, 2.24) is 5.32 Å². The molecule has 0 saturated carbocycles. The summed E-state index contributed by atoms with van der Waals surface area (Å²) in [5.74, 6) is -1.52. The predicted octanol–water partition coefficient (Wildman–Crippen LogP) is 2.81. The number of fused-ring (bicyclic) bond motifs is 1. The molecule has 0 fully saturated rings. The maximum atomic E-state index is 13.0. The summed E-state index contributed by atoms with van der Waals surface area (Å²) in [4.78, 5) is 24.1. The van der Waals surface area contributed by atoms with Crippen molar-refractivity contribution in [3.8, 4) is 0 Å². The number of primary amides is 1. The largest absolute Gasteiger partial charge is 0.368 e. The number of hydrogen-bond donors (Lipinski definition) is 2. The maximum Gasteiger partial charge on any atom is 0.251 e. The zero-order valence-corrected chi connectivity index (χ0v) is 13.4. The fourth-order valence-corrected chi connectivity index (χ4v) is 2.76. The lowest BCUT2D eigenvalue weighted by atomic mass is 9.98. The Morgan fingerprint density at radius 1 is 0.960 bits per heavy atom. The molecule has 4 nitrogen and oxygen atoms in total. The molecule has 126 valence electrons. The van der Waals surface area contributed by atoms with Crippen LogP contribution in [0.3, 0.4) is 0 Å². The fraction of sp³-hybridized carbons (Fsp3) is 0.100. The Balaban J connectivity index is 1.83. The van der Waals surface area contributed by atoms with Gasteiger partial charge in [0.2, 0.25) is 5.91 Å². The first-order valence-corrected chi connectivity index (χ1v) is 7.87. The molecule has 0 aromatic heterocycles. The van der Waals surface area contributed by atoms with Gasteiger partial charge in [0.25, 0.3) is 5.91 Å². The summed E-state index contributed by atoms with van der Waals surface area (Å²) in [5, 5.41) is 4.69. The van der Waals surface area contributed by atoms with Crippen LogP contribution in [0.25, 0.3) is 10.8 Å². The topological polar surface area (TPSA) is 72.2 Å². The summed E-state index contributed by atoms with van der Waals surface area (Å²) in [6.07, 6.45) is 0.281. The van der Waals surface area contributed by atoms with Gasteiger partial charge in [-0.1, -0.05) is 42.5 Å². The Morgan fingerprint density at radius 2 is 1.64 bits per heavy atom. The molecule has 3 rings (SSSR count). The van der Waals surface area contributed by atoms with E-state index in [4.69, 9.17) is 5.73 Å². The molecule has 0 aliphatic carbocycles. The minimum absolute atomic E-state index is 0.269. The third-order valence-corrected chi connectivity index (χ3v) is 4.06. The van der Waals surface area contributed by atoms with E-state index in [0.29, 0.717) is 0 Å². The lowest BCUT2D eigenvalue weighted by Gasteiger charge is -2.17. The molecule has 0 saturated heterocycles. The number of halogens is 1. The summed E-state index contributed by atoms with van der Waals surface area (Å²) in [6, 6.07) is 17.8. The number of carbonyl (C=O) groups is 2. The summed E-state index contributed by atoms with van der Waals surface area (Å²) < 4.78 is 13.0. The zero-order valence-electron chi connectivity index (χ0n) is 13.4. The van der Waals surface area contributed by atoms with Gasteiger partial charge in [-0.3, -0.25) is 9.59 Å². The molecule has 0 aliphatic rings. The molecular formula is C20H17FN2O2. The quantitative estimate of drug-likeness (QED) is 0.752. The number of nitrogens with two attached hydrogens (primary N) is 1. The van der Waals surface area contributed by atoms with E-state index in [1.54, 1.807) is 0 Å². The molecule has 25 heavy (non-hydrogen) atoms. The Hall–Kier alpha value is -3.21. The van der Waals surface area contributed by atoms with Crippen LogP contribution in [0, 0.1) is 5.82 Å². The number of nitrogens with one attached hydrogen (secondary N) is 1. The Morgan fingerprint density at radius 3 is 2.36 bits per heavy atom. The third-order valence-electron chi connectivity index (χ3n) is 4.06. The number of benzene rings is 3. The predicted molar refractivity (Wildman–Crippen MR) is 94.5 cm³/mol. The smallest absolute Gasteiger partial charge is 0.251 e. The van der Waals surface area contributed by atoms with Crippen LogP contribution in [-0.4, -0.2) is 17.9 Å². The Labute approximate surface area is 144 Å². The molecule has 0 unspecified atom stereocenters. The third kappa shape index (κ3) is 3.83. The van der Waals surface area contributed by atoms with Gasteiger partial charge in [-0.25, -0.2) is 4.39 Å². The van der Waals surface area contributed by atoms with Crippen LogP contribution in [-0.2, 0) is 11.2 Å². The molecule has 0 radical (unpaired) electrons. The van der Waals surface area contributed by atoms with Gasteiger partial charge in [-0.05, 0) is 40.6 Å². The number of rotatable bonds is 5. The van der Waals surface area contributed by atoms with E-state index in [2.05, 4.69) is 5.32 Å². The fourth-order valence-electron chi connectivity index (χ4n) is 2.76. The van der Waals surface area contributed by atoms with Crippen molar-refractivity contribution < 1.29 is 14.0 Å². The minimum Gasteiger partial charge on any atom is -0.368 e. The summed E-state index contributed by atoms with van der Waals surface area (Å²) in [6.45, 7) is 0. The second-order valence-corrected chi connectivity index (χ2v) is 5.78. The summed E-state index contributed by atoms with van der Waals surface area (Å²) >= 11 is 0. The average molecular weight is 336 g/mol. The van der Waals surface area contributed by atoms with E-state index in [9.17, 15) is 14.0 Å². The van der Waals surface area contributed by atoms with E-state index in [0.717, 1.165) is 16.3 Å². The molecule has 3 aromatic carbocycles. The Kier molecular flexibility index (Phi) is 4.75. The molecule has 1 atom stereocenters. The highest BCUT2D eigenvalue weighted by molar-refractivity contribution is 5.97.